The van der Waals surface area contributed by atoms with Gasteiger partial charge in [-0.2, -0.15) is 0 Å². The molecule has 0 saturated heterocycles. The third-order valence-electron chi connectivity index (χ3n) is 1.80. The topological polar surface area (TPSA) is 37.8 Å². The molecule has 16 heavy (non-hydrogen) atoms. The van der Waals surface area contributed by atoms with Crippen LogP contribution in [-0.2, 0) is 6.42 Å². The average Bonchev–Trinajstić information content (AvgIpc) is 2.28. The van der Waals surface area contributed by atoms with Crippen molar-refractivity contribution in [3.8, 4) is 12.3 Å². The van der Waals surface area contributed by atoms with Gasteiger partial charge in [-0.05, 0) is 0 Å². The Morgan fingerprint density at radius 1 is 1.56 bits per heavy atom. The molecule has 1 rings (SSSR count). The number of thioether (sulfide) groups is 1. The first-order chi connectivity index (χ1) is 7.76. The molecule has 0 radical (unpaired) electrons. The van der Waals surface area contributed by atoms with E-state index >= 15 is 0 Å². The molecule has 0 atom stereocenters. The molecule has 1 heterocycles. The van der Waals surface area contributed by atoms with Crippen LogP contribution in [-0.4, -0.2) is 28.0 Å². The molecular formula is C11H14ClN3S. The number of nitrogens with zero attached hydrogens (tertiary/aromatic N) is 2. The van der Waals surface area contributed by atoms with E-state index in [1.54, 1.807) is 17.8 Å². The number of rotatable bonds is 6. The van der Waals surface area contributed by atoms with E-state index in [0.29, 0.717) is 5.15 Å². The van der Waals surface area contributed by atoms with Gasteiger partial charge < -0.3 is 5.32 Å². The van der Waals surface area contributed by atoms with Crippen molar-refractivity contribution < 1.29 is 0 Å². The van der Waals surface area contributed by atoms with Crippen LogP contribution in [0, 0.1) is 12.3 Å². The number of hydrogen-bond donors (Lipinski definition) is 1. The van der Waals surface area contributed by atoms with Crippen LogP contribution in [0.4, 0.5) is 5.82 Å². The lowest BCUT2D eigenvalue weighted by atomic mass is 10.4. The van der Waals surface area contributed by atoms with E-state index in [0.717, 1.165) is 36.1 Å². The van der Waals surface area contributed by atoms with Crippen LogP contribution in [0.5, 0.6) is 0 Å². The Morgan fingerprint density at radius 3 is 3.06 bits per heavy atom. The maximum absolute atomic E-state index is 5.87. The second kappa shape index (κ2) is 7.37. The largest absolute Gasteiger partial charge is 0.369 e. The molecule has 1 N–H and O–H groups in total. The number of terminal acetylenes is 1. The van der Waals surface area contributed by atoms with Crippen molar-refractivity contribution in [3.63, 3.8) is 0 Å². The molecule has 5 heteroatoms. The molecule has 1 aromatic rings. The Bertz CT molecular complexity index is 376. The number of anilines is 1. The van der Waals surface area contributed by atoms with Crippen molar-refractivity contribution in [3.05, 3.63) is 17.0 Å². The smallest absolute Gasteiger partial charge is 0.134 e. The Balaban J connectivity index is 2.41. The Hall–Kier alpha value is -0.920. The third-order valence-corrected chi connectivity index (χ3v) is 2.85. The lowest BCUT2D eigenvalue weighted by Gasteiger charge is -2.06. The molecule has 1 aromatic heterocycles. The van der Waals surface area contributed by atoms with Gasteiger partial charge in [0.05, 0.1) is 5.75 Å². The molecular weight excluding hydrogens is 242 g/mol. The minimum Gasteiger partial charge on any atom is -0.369 e. The first-order valence-corrected chi connectivity index (χ1v) is 6.58. The molecule has 86 valence electrons. The van der Waals surface area contributed by atoms with E-state index < -0.39 is 0 Å². The van der Waals surface area contributed by atoms with E-state index in [1.807, 2.05) is 6.92 Å². The molecule has 0 aliphatic heterocycles. The van der Waals surface area contributed by atoms with Gasteiger partial charge in [0.15, 0.2) is 0 Å². The Kier molecular flexibility index (Phi) is 6.05. The minimum atomic E-state index is 0.477. The van der Waals surface area contributed by atoms with Crippen molar-refractivity contribution in [1.82, 2.24) is 9.97 Å². The van der Waals surface area contributed by atoms with Crippen LogP contribution in [0.25, 0.3) is 0 Å². The Labute approximate surface area is 105 Å². The molecule has 0 bridgehead atoms. The van der Waals surface area contributed by atoms with Crippen molar-refractivity contribution in [1.29, 1.82) is 0 Å². The number of nitrogens with one attached hydrogen (secondary N) is 1. The third kappa shape index (κ3) is 4.73. The summed E-state index contributed by atoms with van der Waals surface area (Å²) in [6.07, 6.45) is 5.93. The van der Waals surface area contributed by atoms with E-state index in [9.17, 15) is 0 Å². The molecule has 0 spiro atoms. The summed E-state index contributed by atoms with van der Waals surface area (Å²) in [4.78, 5) is 8.41. The van der Waals surface area contributed by atoms with Gasteiger partial charge in [0.1, 0.15) is 16.8 Å². The fourth-order valence-electron chi connectivity index (χ4n) is 1.10. The lowest BCUT2D eigenvalue weighted by Crippen LogP contribution is -2.07. The van der Waals surface area contributed by atoms with Crippen LogP contribution >= 0.6 is 23.4 Å². The first kappa shape index (κ1) is 13.1. The number of aromatic nitrogens is 2. The lowest BCUT2D eigenvalue weighted by molar-refractivity contribution is 0.937. The van der Waals surface area contributed by atoms with Gasteiger partial charge in [-0.3, -0.25) is 0 Å². The summed E-state index contributed by atoms with van der Waals surface area (Å²) in [5, 5.41) is 3.67. The van der Waals surface area contributed by atoms with Gasteiger partial charge >= 0.3 is 0 Å². The zero-order chi connectivity index (χ0) is 11.8. The predicted octanol–water partition coefficient (Wildman–Crippen LogP) is 2.47. The summed E-state index contributed by atoms with van der Waals surface area (Å²) >= 11 is 7.58. The summed E-state index contributed by atoms with van der Waals surface area (Å²) in [6.45, 7) is 2.82. The van der Waals surface area contributed by atoms with Gasteiger partial charge in [0.2, 0.25) is 0 Å². The molecule has 0 aliphatic carbocycles. The first-order valence-electron chi connectivity index (χ1n) is 5.04. The summed E-state index contributed by atoms with van der Waals surface area (Å²) in [5.41, 5.74) is 0. The van der Waals surface area contributed by atoms with Crippen molar-refractivity contribution in [2.45, 2.75) is 13.3 Å². The summed E-state index contributed by atoms with van der Waals surface area (Å²) in [5.74, 6) is 5.81. The minimum absolute atomic E-state index is 0.477. The molecule has 0 fully saturated rings. The second-order valence-corrected chi connectivity index (χ2v) is 4.52. The van der Waals surface area contributed by atoms with E-state index in [2.05, 4.69) is 21.2 Å². The standard InChI is InChI=1S/C11H14ClN3S/c1-3-6-16-7-5-13-11-8-9(12)14-10(4-2)15-11/h1,8H,4-7H2,2H3,(H,13,14,15). The SMILES string of the molecule is C#CCSCCNc1cc(Cl)nc(CC)n1. The van der Waals surface area contributed by atoms with Crippen molar-refractivity contribution in [2.24, 2.45) is 0 Å². The molecule has 3 nitrogen and oxygen atoms in total. The molecule has 0 amide bonds. The fourth-order valence-corrected chi connectivity index (χ4v) is 1.81. The zero-order valence-corrected chi connectivity index (χ0v) is 10.7. The number of halogens is 1. The highest BCUT2D eigenvalue weighted by Crippen LogP contribution is 2.12. The average molecular weight is 256 g/mol. The van der Waals surface area contributed by atoms with E-state index in [1.165, 1.54) is 0 Å². The predicted molar refractivity (Wildman–Crippen MR) is 71.1 cm³/mol. The van der Waals surface area contributed by atoms with Gasteiger partial charge in [0, 0.05) is 24.8 Å². The van der Waals surface area contributed by atoms with Crippen LogP contribution in [0.1, 0.15) is 12.7 Å². The number of hydrogen-bond acceptors (Lipinski definition) is 4. The normalized spacial score (nSPS) is 9.81. The van der Waals surface area contributed by atoms with E-state index in [-0.39, 0.29) is 0 Å². The number of aryl methyl sites for hydroxylation is 1. The highest BCUT2D eigenvalue weighted by molar-refractivity contribution is 7.99. The molecule has 0 aromatic carbocycles. The van der Waals surface area contributed by atoms with Crippen LogP contribution in [0.15, 0.2) is 6.07 Å². The summed E-state index contributed by atoms with van der Waals surface area (Å²) < 4.78 is 0. The van der Waals surface area contributed by atoms with Crippen molar-refractivity contribution >= 4 is 29.2 Å². The molecule has 0 unspecified atom stereocenters. The monoisotopic (exact) mass is 255 g/mol. The fraction of sp³-hybridized carbons (Fsp3) is 0.455. The highest BCUT2D eigenvalue weighted by atomic mass is 35.5. The summed E-state index contributed by atoms with van der Waals surface area (Å²) in [6, 6.07) is 1.73. The summed E-state index contributed by atoms with van der Waals surface area (Å²) in [7, 11) is 0. The molecule has 0 aliphatic rings. The van der Waals surface area contributed by atoms with Crippen LogP contribution in [0.2, 0.25) is 5.15 Å². The second-order valence-electron chi connectivity index (χ2n) is 3.03. The zero-order valence-electron chi connectivity index (χ0n) is 9.16. The highest BCUT2D eigenvalue weighted by Gasteiger charge is 2.00. The van der Waals surface area contributed by atoms with Gasteiger partial charge in [-0.25, -0.2) is 9.97 Å². The quantitative estimate of drug-likeness (QED) is 0.482. The van der Waals surface area contributed by atoms with E-state index in [4.69, 9.17) is 18.0 Å². The van der Waals surface area contributed by atoms with Crippen LogP contribution in [0.3, 0.4) is 0 Å². The Morgan fingerprint density at radius 2 is 2.38 bits per heavy atom. The molecule has 0 saturated carbocycles. The van der Waals surface area contributed by atoms with Gasteiger partial charge in [-0.15, -0.1) is 18.2 Å². The van der Waals surface area contributed by atoms with Gasteiger partial charge in [-0.1, -0.05) is 24.4 Å². The van der Waals surface area contributed by atoms with Crippen molar-refractivity contribution in [2.75, 3.05) is 23.4 Å². The van der Waals surface area contributed by atoms with Crippen LogP contribution < -0.4 is 5.32 Å². The maximum atomic E-state index is 5.87. The van der Waals surface area contributed by atoms with Gasteiger partial charge in [0.25, 0.3) is 0 Å². The maximum Gasteiger partial charge on any atom is 0.134 e.